The van der Waals surface area contributed by atoms with E-state index in [0.29, 0.717) is 35.5 Å². The molecular formula is C35H32N2O4. The van der Waals surface area contributed by atoms with Crippen molar-refractivity contribution in [1.82, 2.24) is 0 Å². The van der Waals surface area contributed by atoms with E-state index in [1.165, 1.54) is 0 Å². The summed E-state index contributed by atoms with van der Waals surface area (Å²) < 4.78 is 11.0. The molecule has 2 atom stereocenters. The third-order valence-corrected chi connectivity index (χ3v) is 8.00. The Morgan fingerprint density at radius 1 is 0.805 bits per heavy atom. The van der Waals surface area contributed by atoms with Crippen LogP contribution in [0.25, 0.3) is 0 Å². The molecule has 1 heterocycles. The van der Waals surface area contributed by atoms with Gasteiger partial charge in [0.15, 0.2) is 17.3 Å². The fourth-order valence-corrected chi connectivity index (χ4v) is 5.94. The molecule has 0 radical (unpaired) electrons. The van der Waals surface area contributed by atoms with Gasteiger partial charge in [0.1, 0.15) is 0 Å². The van der Waals surface area contributed by atoms with E-state index in [1.807, 2.05) is 104 Å². The molecular weight excluding hydrogens is 512 g/mol. The molecule has 2 aliphatic rings. The number of amides is 1. The molecule has 0 saturated carbocycles. The second-order valence-electron chi connectivity index (χ2n) is 10.5. The fraction of sp³-hybridized carbons (Fsp3) is 0.200. The standard InChI is InChI=1S/C35H32N2O4/c1-22-13-15-23(16-14-22)34-33-28(19-26(20-30(33)38)25-17-18-31(40-2)32(21-25)41-3)36-27-11-7-8-12-29(27)37(34)35(39)24-9-5-4-6-10-24/h4-18,21,26,34,36H,19-20H2,1-3H3/t26-,34-/m1/s1. The molecule has 0 saturated heterocycles. The number of para-hydroxylation sites is 2. The van der Waals surface area contributed by atoms with Crippen LogP contribution < -0.4 is 19.7 Å². The molecule has 1 amide bonds. The maximum Gasteiger partial charge on any atom is 0.259 e. The lowest BCUT2D eigenvalue weighted by Crippen LogP contribution is -2.38. The molecule has 4 aromatic carbocycles. The van der Waals surface area contributed by atoms with Gasteiger partial charge >= 0.3 is 0 Å². The Kier molecular flexibility index (Phi) is 7.06. The molecule has 206 valence electrons. The van der Waals surface area contributed by atoms with Gasteiger partial charge in [-0.25, -0.2) is 0 Å². The summed E-state index contributed by atoms with van der Waals surface area (Å²) in [6.07, 6.45) is 0.933. The number of allylic oxidation sites excluding steroid dienone is 1. The number of hydrogen-bond acceptors (Lipinski definition) is 5. The highest BCUT2D eigenvalue weighted by atomic mass is 16.5. The van der Waals surface area contributed by atoms with E-state index in [4.69, 9.17) is 9.47 Å². The summed E-state index contributed by atoms with van der Waals surface area (Å²) in [5, 5.41) is 3.60. The van der Waals surface area contributed by atoms with Crippen molar-refractivity contribution < 1.29 is 19.1 Å². The van der Waals surface area contributed by atoms with Crippen molar-refractivity contribution in [2.45, 2.75) is 31.7 Å². The van der Waals surface area contributed by atoms with Gasteiger partial charge in [0.05, 0.1) is 31.6 Å². The number of anilines is 2. The number of benzene rings is 4. The zero-order valence-corrected chi connectivity index (χ0v) is 23.4. The summed E-state index contributed by atoms with van der Waals surface area (Å²) in [7, 11) is 3.22. The SMILES string of the molecule is COc1ccc([C@H]2CC(=O)C3=C(C2)Nc2ccccc2N(C(=O)c2ccccc2)[C@@H]3c2ccc(C)cc2)cc1OC. The van der Waals surface area contributed by atoms with Crippen molar-refractivity contribution in [3.63, 3.8) is 0 Å². The van der Waals surface area contributed by atoms with Crippen molar-refractivity contribution in [1.29, 1.82) is 0 Å². The van der Waals surface area contributed by atoms with Gasteiger partial charge < -0.3 is 14.8 Å². The Morgan fingerprint density at radius 2 is 1.49 bits per heavy atom. The first-order valence-corrected chi connectivity index (χ1v) is 13.8. The Labute approximate surface area is 240 Å². The molecule has 1 N–H and O–H groups in total. The topological polar surface area (TPSA) is 67.9 Å². The number of carbonyl (C=O) groups is 2. The lowest BCUT2D eigenvalue weighted by molar-refractivity contribution is -0.116. The lowest BCUT2D eigenvalue weighted by atomic mass is 9.78. The summed E-state index contributed by atoms with van der Waals surface area (Å²) in [6.45, 7) is 2.03. The molecule has 0 unspecified atom stereocenters. The minimum absolute atomic E-state index is 0.0165. The monoisotopic (exact) mass is 544 g/mol. The van der Waals surface area contributed by atoms with Crippen LogP contribution in [0.2, 0.25) is 0 Å². The third kappa shape index (κ3) is 4.86. The van der Waals surface area contributed by atoms with Gasteiger partial charge in [0, 0.05) is 23.3 Å². The Balaban J connectivity index is 1.53. The second kappa shape index (κ2) is 11.0. The summed E-state index contributed by atoms with van der Waals surface area (Å²) in [5.41, 5.74) is 6.56. The number of Topliss-reactive ketones (excluding diaryl/α,β-unsaturated/α-hetero) is 1. The first-order valence-electron chi connectivity index (χ1n) is 13.8. The molecule has 6 heteroatoms. The second-order valence-corrected chi connectivity index (χ2v) is 10.5. The summed E-state index contributed by atoms with van der Waals surface area (Å²) >= 11 is 0. The maximum atomic E-state index is 14.3. The average molecular weight is 545 g/mol. The quantitative estimate of drug-likeness (QED) is 0.287. The third-order valence-electron chi connectivity index (χ3n) is 8.00. The van der Waals surface area contributed by atoms with Gasteiger partial charge in [-0.2, -0.15) is 0 Å². The molecule has 0 fully saturated rings. The van der Waals surface area contributed by atoms with Crippen LogP contribution in [-0.2, 0) is 4.79 Å². The van der Waals surface area contributed by atoms with Crippen LogP contribution in [0.3, 0.4) is 0 Å². The predicted octanol–water partition coefficient (Wildman–Crippen LogP) is 7.23. The normalized spacial score (nSPS) is 18.1. The Hall–Kier alpha value is -4.84. The fourth-order valence-electron chi connectivity index (χ4n) is 5.94. The van der Waals surface area contributed by atoms with Crippen molar-refractivity contribution >= 4 is 23.1 Å². The van der Waals surface area contributed by atoms with Crippen molar-refractivity contribution in [3.8, 4) is 11.5 Å². The molecule has 1 aliphatic carbocycles. The van der Waals surface area contributed by atoms with E-state index in [1.54, 1.807) is 19.1 Å². The highest BCUT2D eigenvalue weighted by molar-refractivity contribution is 6.12. The van der Waals surface area contributed by atoms with E-state index in [0.717, 1.165) is 33.8 Å². The largest absolute Gasteiger partial charge is 0.493 e. The van der Waals surface area contributed by atoms with E-state index in [9.17, 15) is 9.59 Å². The van der Waals surface area contributed by atoms with Gasteiger partial charge in [-0.15, -0.1) is 0 Å². The van der Waals surface area contributed by atoms with Crippen molar-refractivity contribution in [2.24, 2.45) is 0 Å². The number of ether oxygens (including phenoxy) is 2. The summed E-state index contributed by atoms with van der Waals surface area (Å²) in [4.78, 5) is 30.4. The molecule has 0 spiro atoms. The van der Waals surface area contributed by atoms with Crippen LogP contribution in [0.1, 0.15) is 51.8 Å². The molecule has 6 nitrogen and oxygen atoms in total. The highest BCUT2D eigenvalue weighted by Gasteiger charge is 2.42. The van der Waals surface area contributed by atoms with E-state index >= 15 is 0 Å². The van der Waals surface area contributed by atoms with Crippen molar-refractivity contribution in [2.75, 3.05) is 24.4 Å². The molecule has 6 rings (SSSR count). The van der Waals surface area contributed by atoms with Crippen molar-refractivity contribution in [3.05, 3.63) is 131 Å². The van der Waals surface area contributed by atoms with Crippen LogP contribution in [-0.4, -0.2) is 25.9 Å². The molecule has 41 heavy (non-hydrogen) atoms. The van der Waals surface area contributed by atoms with Gasteiger partial charge in [-0.3, -0.25) is 14.5 Å². The number of carbonyl (C=O) groups excluding carboxylic acids is 2. The first-order chi connectivity index (χ1) is 20.0. The number of hydrogen-bond donors (Lipinski definition) is 1. The number of rotatable bonds is 5. The van der Waals surface area contributed by atoms with E-state index in [2.05, 4.69) is 5.32 Å². The molecule has 0 bridgehead atoms. The lowest BCUT2D eigenvalue weighted by Gasteiger charge is -2.35. The number of methoxy groups -OCH3 is 2. The van der Waals surface area contributed by atoms with E-state index in [-0.39, 0.29) is 17.6 Å². The Morgan fingerprint density at radius 3 is 2.22 bits per heavy atom. The number of ketones is 1. The van der Waals surface area contributed by atoms with Crippen LogP contribution in [0.15, 0.2) is 108 Å². The van der Waals surface area contributed by atoms with Crippen LogP contribution in [0, 0.1) is 6.92 Å². The van der Waals surface area contributed by atoms with Gasteiger partial charge in [0.2, 0.25) is 0 Å². The smallest absolute Gasteiger partial charge is 0.259 e. The predicted molar refractivity (Wildman–Crippen MR) is 161 cm³/mol. The number of fused-ring (bicyclic) bond motifs is 1. The highest BCUT2D eigenvalue weighted by Crippen LogP contribution is 2.48. The molecule has 0 aromatic heterocycles. The Bertz CT molecular complexity index is 1640. The maximum absolute atomic E-state index is 14.3. The summed E-state index contributed by atoms with van der Waals surface area (Å²) in [6, 6.07) is 30.4. The number of nitrogens with one attached hydrogen (secondary N) is 1. The van der Waals surface area contributed by atoms with Gasteiger partial charge in [-0.1, -0.05) is 66.2 Å². The minimum Gasteiger partial charge on any atom is -0.493 e. The van der Waals surface area contributed by atoms with Crippen LogP contribution in [0.5, 0.6) is 11.5 Å². The van der Waals surface area contributed by atoms with Crippen LogP contribution >= 0.6 is 0 Å². The van der Waals surface area contributed by atoms with Gasteiger partial charge in [-0.05, 0) is 66.8 Å². The molecule has 4 aromatic rings. The minimum atomic E-state index is -0.590. The van der Waals surface area contributed by atoms with Gasteiger partial charge in [0.25, 0.3) is 5.91 Å². The zero-order chi connectivity index (χ0) is 28.5. The first kappa shape index (κ1) is 26.4. The van der Waals surface area contributed by atoms with Crippen LogP contribution in [0.4, 0.5) is 11.4 Å². The molecule has 1 aliphatic heterocycles. The summed E-state index contributed by atoms with van der Waals surface area (Å²) in [5.74, 6) is 1.08. The van der Waals surface area contributed by atoms with E-state index < -0.39 is 6.04 Å². The average Bonchev–Trinajstić information content (AvgIpc) is 3.16. The zero-order valence-electron chi connectivity index (χ0n) is 23.4. The number of aryl methyl sites for hydroxylation is 1. The number of nitrogens with zero attached hydrogens (tertiary/aromatic N) is 1.